The van der Waals surface area contributed by atoms with Crippen molar-refractivity contribution in [3.05, 3.63) is 33.9 Å². The first-order chi connectivity index (χ1) is 8.88. The molecular weight excluding hydrogens is 252 g/mol. The first-order valence-corrected chi connectivity index (χ1v) is 5.62. The molecule has 1 rings (SSSR count). The fourth-order valence-corrected chi connectivity index (χ4v) is 1.70. The van der Waals surface area contributed by atoms with Gasteiger partial charge in [-0.05, 0) is 13.0 Å². The summed E-state index contributed by atoms with van der Waals surface area (Å²) in [6, 6.07) is 3.58. The molecule has 0 saturated carbocycles. The van der Waals surface area contributed by atoms with Crippen molar-refractivity contribution in [3.63, 3.8) is 0 Å². The molecule has 0 fully saturated rings. The molecule has 0 spiro atoms. The van der Waals surface area contributed by atoms with Crippen LogP contribution in [-0.4, -0.2) is 42.8 Å². The fourth-order valence-electron chi connectivity index (χ4n) is 1.70. The smallest absolute Gasteiger partial charge is 0.337 e. The Bertz CT molecular complexity index is 489. The number of rotatable bonds is 6. The van der Waals surface area contributed by atoms with Crippen LogP contribution in [0.1, 0.15) is 17.3 Å². The quantitative estimate of drug-likeness (QED) is 0.624. The number of nitro benzene ring substituents is 1. The summed E-state index contributed by atoms with van der Waals surface area (Å²) >= 11 is 0. The summed E-state index contributed by atoms with van der Waals surface area (Å²) in [7, 11) is 3.21. The Morgan fingerprint density at radius 3 is 2.68 bits per heavy atom. The summed E-state index contributed by atoms with van der Waals surface area (Å²) in [6.07, 6.45) is 0. The van der Waals surface area contributed by atoms with Gasteiger partial charge in [0, 0.05) is 32.3 Å². The highest BCUT2D eigenvalue weighted by atomic mass is 16.6. The van der Waals surface area contributed by atoms with Crippen LogP contribution in [-0.2, 0) is 4.74 Å². The van der Waals surface area contributed by atoms with Crippen molar-refractivity contribution < 1.29 is 19.6 Å². The Morgan fingerprint density at radius 2 is 2.21 bits per heavy atom. The lowest BCUT2D eigenvalue weighted by molar-refractivity contribution is -0.384. The molecule has 0 bridgehead atoms. The zero-order valence-electron chi connectivity index (χ0n) is 11.0. The van der Waals surface area contributed by atoms with E-state index in [9.17, 15) is 14.9 Å². The van der Waals surface area contributed by atoms with Crippen molar-refractivity contribution in [2.24, 2.45) is 0 Å². The van der Waals surface area contributed by atoms with Crippen molar-refractivity contribution >= 4 is 17.3 Å². The number of aromatic carboxylic acids is 1. The zero-order chi connectivity index (χ0) is 14.6. The molecule has 0 aliphatic carbocycles. The molecule has 0 aliphatic rings. The fraction of sp³-hybridized carbons (Fsp3) is 0.417. The van der Waals surface area contributed by atoms with E-state index in [1.165, 1.54) is 25.3 Å². The molecule has 0 saturated heterocycles. The Morgan fingerprint density at radius 1 is 1.58 bits per heavy atom. The number of methoxy groups -OCH3 is 1. The number of hydrogen-bond acceptors (Lipinski definition) is 5. The number of carbonyl (C=O) groups is 1. The third-order valence-corrected chi connectivity index (χ3v) is 2.87. The van der Waals surface area contributed by atoms with Crippen LogP contribution in [0.2, 0.25) is 0 Å². The van der Waals surface area contributed by atoms with Gasteiger partial charge >= 0.3 is 5.97 Å². The third-order valence-electron chi connectivity index (χ3n) is 2.87. The molecule has 1 aromatic rings. The van der Waals surface area contributed by atoms with Crippen LogP contribution in [0.25, 0.3) is 0 Å². The maximum Gasteiger partial charge on any atom is 0.337 e. The molecule has 19 heavy (non-hydrogen) atoms. The Hall–Kier alpha value is -2.15. The predicted molar refractivity (Wildman–Crippen MR) is 69.8 cm³/mol. The average Bonchev–Trinajstić information content (AvgIpc) is 2.37. The van der Waals surface area contributed by atoms with Gasteiger partial charge in [-0.15, -0.1) is 0 Å². The van der Waals surface area contributed by atoms with Crippen LogP contribution in [0.15, 0.2) is 18.2 Å². The van der Waals surface area contributed by atoms with Gasteiger partial charge in [-0.25, -0.2) is 4.79 Å². The Kier molecular flexibility index (Phi) is 4.82. The minimum atomic E-state index is -1.12. The van der Waals surface area contributed by atoms with Crippen molar-refractivity contribution in [1.29, 1.82) is 0 Å². The van der Waals surface area contributed by atoms with E-state index in [2.05, 4.69) is 0 Å². The van der Waals surface area contributed by atoms with E-state index in [4.69, 9.17) is 9.84 Å². The van der Waals surface area contributed by atoms with Crippen LogP contribution in [0.3, 0.4) is 0 Å². The highest BCUT2D eigenvalue weighted by Crippen LogP contribution is 2.26. The molecule has 1 N–H and O–H groups in total. The number of hydrogen-bond donors (Lipinski definition) is 1. The molecule has 0 heterocycles. The summed E-state index contributed by atoms with van der Waals surface area (Å²) in [5.74, 6) is -1.12. The number of nitrogens with zero attached hydrogens (tertiary/aromatic N) is 2. The minimum absolute atomic E-state index is 0.0241. The second kappa shape index (κ2) is 6.14. The summed E-state index contributed by atoms with van der Waals surface area (Å²) in [4.78, 5) is 23.0. The lowest BCUT2D eigenvalue weighted by Crippen LogP contribution is -2.33. The van der Waals surface area contributed by atoms with Gasteiger partial charge in [-0.2, -0.15) is 0 Å². The molecule has 0 radical (unpaired) electrons. The number of non-ortho nitro benzene ring substituents is 1. The summed E-state index contributed by atoms with van der Waals surface area (Å²) in [5, 5.41) is 19.9. The normalized spacial score (nSPS) is 11.9. The number of benzene rings is 1. The minimum Gasteiger partial charge on any atom is -0.478 e. The second-order valence-electron chi connectivity index (χ2n) is 4.18. The van der Waals surface area contributed by atoms with Gasteiger partial charge in [0.1, 0.15) is 0 Å². The monoisotopic (exact) mass is 268 g/mol. The standard InChI is InChI=1S/C12H16N2O5/c1-8(7-19-3)13(2)11-6-9(14(17)18)4-5-10(11)12(15)16/h4-6,8H,7H2,1-3H3,(H,15,16). The molecule has 1 aromatic carbocycles. The lowest BCUT2D eigenvalue weighted by Gasteiger charge is -2.27. The number of carboxylic acid groups (broad SMARTS) is 1. The van der Waals surface area contributed by atoms with Crippen molar-refractivity contribution in [3.8, 4) is 0 Å². The van der Waals surface area contributed by atoms with Crippen molar-refractivity contribution in [2.75, 3.05) is 25.7 Å². The number of ether oxygens (including phenoxy) is 1. The highest BCUT2D eigenvalue weighted by Gasteiger charge is 2.20. The maximum atomic E-state index is 11.2. The van der Waals surface area contributed by atoms with Gasteiger partial charge in [0.2, 0.25) is 0 Å². The van der Waals surface area contributed by atoms with Crippen molar-refractivity contribution in [2.45, 2.75) is 13.0 Å². The third kappa shape index (κ3) is 3.41. The van der Waals surface area contributed by atoms with E-state index in [1.54, 1.807) is 11.9 Å². The summed E-state index contributed by atoms with van der Waals surface area (Å²) in [6.45, 7) is 2.23. The first kappa shape index (κ1) is 14.9. The van der Waals surface area contributed by atoms with Crippen LogP contribution in [0.4, 0.5) is 11.4 Å². The molecular formula is C12H16N2O5. The average molecular weight is 268 g/mol. The summed E-state index contributed by atoms with van der Waals surface area (Å²) in [5.41, 5.74) is 0.179. The SMILES string of the molecule is COCC(C)N(C)c1cc([N+](=O)[O-])ccc1C(=O)O. The van der Waals surface area contributed by atoms with E-state index in [1.807, 2.05) is 6.92 Å². The molecule has 7 heteroatoms. The maximum absolute atomic E-state index is 11.2. The van der Waals surface area contributed by atoms with E-state index in [-0.39, 0.29) is 17.3 Å². The van der Waals surface area contributed by atoms with Crippen LogP contribution >= 0.6 is 0 Å². The molecule has 0 aromatic heterocycles. The first-order valence-electron chi connectivity index (χ1n) is 5.62. The number of nitro groups is 1. The molecule has 1 atom stereocenters. The Balaban J connectivity index is 3.24. The van der Waals surface area contributed by atoms with Gasteiger partial charge in [-0.1, -0.05) is 0 Å². The van der Waals surface area contributed by atoms with Gasteiger partial charge in [-0.3, -0.25) is 10.1 Å². The van der Waals surface area contributed by atoms with Crippen LogP contribution in [0.5, 0.6) is 0 Å². The van der Waals surface area contributed by atoms with Gasteiger partial charge in [0.15, 0.2) is 0 Å². The zero-order valence-corrected chi connectivity index (χ0v) is 11.0. The molecule has 7 nitrogen and oxygen atoms in total. The molecule has 1 unspecified atom stereocenters. The van der Waals surface area contributed by atoms with Crippen LogP contribution in [0, 0.1) is 10.1 Å². The second-order valence-corrected chi connectivity index (χ2v) is 4.18. The number of anilines is 1. The van der Waals surface area contributed by atoms with Gasteiger partial charge < -0.3 is 14.7 Å². The number of carboxylic acids is 1. The van der Waals surface area contributed by atoms with Crippen LogP contribution < -0.4 is 4.90 Å². The van der Waals surface area contributed by atoms with Gasteiger partial charge in [0.05, 0.1) is 22.8 Å². The Labute approximate surface area is 110 Å². The molecule has 0 aliphatic heterocycles. The van der Waals surface area contributed by atoms with E-state index in [0.717, 1.165) is 0 Å². The molecule has 0 amide bonds. The predicted octanol–water partition coefficient (Wildman–Crippen LogP) is 1.76. The summed E-state index contributed by atoms with van der Waals surface area (Å²) < 4.78 is 5.00. The lowest BCUT2D eigenvalue weighted by atomic mass is 10.1. The van der Waals surface area contributed by atoms with E-state index < -0.39 is 10.9 Å². The van der Waals surface area contributed by atoms with E-state index >= 15 is 0 Å². The largest absolute Gasteiger partial charge is 0.478 e. The van der Waals surface area contributed by atoms with Gasteiger partial charge in [0.25, 0.3) is 5.69 Å². The number of likely N-dealkylation sites (N-methyl/N-ethyl adjacent to an activating group) is 1. The molecule has 104 valence electrons. The van der Waals surface area contributed by atoms with Crippen molar-refractivity contribution in [1.82, 2.24) is 0 Å². The highest BCUT2D eigenvalue weighted by molar-refractivity contribution is 5.95. The van der Waals surface area contributed by atoms with E-state index in [0.29, 0.717) is 12.3 Å². The topological polar surface area (TPSA) is 92.9 Å².